The van der Waals surface area contributed by atoms with E-state index in [0.717, 1.165) is 25.7 Å². The summed E-state index contributed by atoms with van der Waals surface area (Å²) in [6.07, 6.45) is 5.26. The van der Waals surface area contributed by atoms with E-state index in [-0.39, 0.29) is 22.6 Å². The first-order chi connectivity index (χ1) is 9.56. The van der Waals surface area contributed by atoms with Crippen molar-refractivity contribution in [1.82, 2.24) is 0 Å². The highest BCUT2D eigenvalue weighted by Crippen LogP contribution is 2.45. The molecule has 1 saturated carbocycles. The molecule has 0 unspecified atom stereocenters. The second-order valence-corrected chi connectivity index (χ2v) is 6.70. The van der Waals surface area contributed by atoms with Crippen LogP contribution in [0.25, 0.3) is 0 Å². The van der Waals surface area contributed by atoms with Crippen molar-refractivity contribution >= 4 is 21.9 Å². The van der Waals surface area contributed by atoms with Gasteiger partial charge in [0.1, 0.15) is 18.3 Å². The molecule has 3 aliphatic rings. The zero-order chi connectivity index (χ0) is 14.3. The minimum Gasteiger partial charge on any atom is -0.466 e. The van der Waals surface area contributed by atoms with E-state index in [4.69, 9.17) is 14.2 Å². The van der Waals surface area contributed by atoms with E-state index in [1.807, 2.05) is 0 Å². The summed E-state index contributed by atoms with van der Waals surface area (Å²) in [5, 5.41) is 10.2. The third-order valence-corrected chi connectivity index (χ3v) is 5.36. The lowest BCUT2D eigenvalue weighted by molar-refractivity contribution is -0.191. The molecule has 6 heteroatoms. The topological polar surface area (TPSA) is 65.0 Å². The number of carbonyl (C=O) groups excluding carboxylic acids is 1. The number of hydrogen-bond acceptors (Lipinski definition) is 5. The Morgan fingerprint density at radius 2 is 2.10 bits per heavy atom. The minimum atomic E-state index is -0.939. The van der Waals surface area contributed by atoms with Crippen molar-refractivity contribution < 1.29 is 24.1 Å². The lowest BCUT2D eigenvalue weighted by Crippen LogP contribution is -2.45. The average molecular weight is 347 g/mol. The highest BCUT2D eigenvalue weighted by molar-refractivity contribution is 9.09. The van der Waals surface area contributed by atoms with Gasteiger partial charge in [-0.3, -0.25) is 0 Å². The van der Waals surface area contributed by atoms with E-state index < -0.39 is 17.9 Å². The molecule has 0 bridgehead atoms. The molecule has 20 heavy (non-hydrogen) atoms. The number of aliphatic hydroxyl groups excluding tert-OH is 1. The van der Waals surface area contributed by atoms with Gasteiger partial charge in [0.2, 0.25) is 0 Å². The van der Waals surface area contributed by atoms with Gasteiger partial charge in [0.05, 0.1) is 17.5 Å². The van der Waals surface area contributed by atoms with Crippen LogP contribution < -0.4 is 0 Å². The van der Waals surface area contributed by atoms with E-state index in [2.05, 4.69) is 15.9 Å². The lowest BCUT2D eigenvalue weighted by Gasteiger charge is -2.32. The van der Waals surface area contributed by atoms with Gasteiger partial charge in [0, 0.05) is 12.8 Å². The maximum Gasteiger partial charge on any atom is 0.336 e. The fraction of sp³-hybridized carbons (Fsp3) is 0.786. The highest BCUT2D eigenvalue weighted by Gasteiger charge is 2.53. The monoisotopic (exact) mass is 346 g/mol. The van der Waals surface area contributed by atoms with Crippen molar-refractivity contribution in [3.63, 3.8) is 0 Å². The highest BCUT2D eigenvalue weighted by atomic mass is 79.9. The molecule has 0 amide bonds. The van der Waals surface area contributed by atoms with Crippen molar-refractivity contribution in [2.45, 2.75) is 61.0 Å². The maximum atomic E-state index is 11.7. The molecule has 112 valence electrons. The molecule has 0 aromatic rings. The quantitative estimate of drug-likeness (QED) is 0.577. The van der Waals surface area contributed by atoms with Gasteiger partial charge in [-0.2, -0.15) is 0 Å². The molecule has 2 aliphatic carbocycles. The summed E-state index contributed by atoms with van der Waals surface area (Å²) >= 11 is 3.44. The minimum absolute atomic E-state index is 0.243. The van der Waals surface area contributed by atoms with E-state index in [1.165, 1.54) is 13.5 Å². The zero-order valence-corrected chi connectivity index (χ0v) is 13.0. The molecule has 3 rings (SSSR count). The first-order valence-corrected chi connectivity index (χ1v) is 7.96. The van der Waals surface area contributed by atoms with Gasteiger partial charge in [-0.05, 0) is 18.9 Å². The zero-order valence-electron chi connectivity index (χ0n) is 11.4. The van der Waals surface area contributed by atoms with Crippen LogP contribution in [-0.2, 0) is 19.0 Å². The summed E-state index contributed by atoms with van der Waals surface area (Å²) in [6, 6.07) is 0. The van der Waals surface area contributed by atoms with E-state index in [1.54, 1.807) is 6.08 Å². The third-order valence-electron chi connectivity index (χ3n) is 4.34. The van der Waals surface area contributed by atoms with E-state index in [0.29, 0.717) is 0 Å². The van der Waals surface area contributed by atoms with Gasteiger partial charge in [-0.15, -0.1) is 0 Å². The summed E-state index contributed by atoms with van der Waals surface area (Å²) in [5.41, 5.74) is 0.243. The standard InChI is InChI=1S/C14H19BrO5/c1-18-13(17)8-7-9-12(10(15)11(8)16)20-14(19-9)5-3-2-4-6-14/h7,9-12,16H,2-6H2,1H3/t9-,10-,11+,12-/m1/s1. The largest absolute Gasteiger partial charge is 0.466 e. The van der Waals surface area contributed by atoms with Crippen molar-refractivity contribution in [2.75, 3.05) is 7.11 Å². The van der Waals surface area contributed by atoms with Crippen LogP contribution in [0.4, 0.5) is 0 Å². The number of methoxy groups -OCH3 is 1. The van der Waals surface area contributed by atoms with Crippen LogP contribution in [0.5, 0.6) is 0 Å². The number of carbonyl (C=O) groups is 1. The Kier molecular flexibility index (Phi) is 3.92. The van der Waals surface area contributed by atoms with E-state index in [9.17, 15) is 9.90 Å². The van der Waals surface area contributed by atoms with Gasteiger partial charge in [-0.25, -0.2) is 4.79 Å². The maximum absolute atomic E-state index is 11.7. The summed E-state index contributed by atoms with van der Waals surface area (Å²) < 4.78 is 16.9. The Bertz CT molecular complexity index is 429. The van der Waals surface area contributed by atoms with Gasteiger partial charge in [0.15, 0.2) is 5.79 Å². The van der Waals surface area contributed by atoms with Crippen molar-refractivity contribution in [3.8, 4) is 0 Å². The smallest absolute Gasteiger partial charge is 0.336 e. The number of rotatable bonds is 1. The predicted octanol–water partition coefficient (Wildman–Crippen LogP) is 1.67. The molecule has 4 atom stereocenters. The number of fused-ring (bicyclic) bond motifs is 1. The Balaban J connectivity index is 1.85. The van der Waals surface area contributed by atoms with Gasteiger partial charge in [0.25, 0.3) is 0 Å². The van der Waals surface area contributed by atoms with Crippen LogP contribution in [0, 0.1) is 0 Å². The van der Waals surface area contributed by atoms with Crippen LogP contribution >= 0.6 is 15.9 Å². The van der Waals surface area contributed by atoms with Crippen molar-refractivity contribution in [3.05, 3.63) is 11.6 Å². The molecule has 5 nitrogen and oxygen atoms in total. The Morgan fingerprint density at radius 3 is 2.75 bits per heavy atom. The van der Waals surface area contributed by atoms with Crippen molar-refractivity contribution in [1.29, 1.82) is 0 Å². The molecule has 1 spiro atoms. The van der Waals surface area contributed by atoms with E-state index >= 15 is 0 Å². The molecule has 0 aromatic carbocycles. The SMILES string of the molecule is COC(=O)C1=C[C@H]2OC3(CCCCC3)O[C@H]2[C@H](Br)[C@H]1O. The molecule has 0 radical (unpaired) electrons. The number of ether oxygens (including phenoxy) is 3. The molecule has 2 fully saturated rings. The lowest BCUT2D eigenvalue weighted by atomic mass is 9.92. The number of hydrogen-bond donors (Lipinski definition) is 1. The predicted molar refractivity (Wildman–Crippen MR) is 74.4 cm³/mol. The summed E-state index contributed by atoms with van der Waals surface area (Å²) in [6.45, 7) is 0. The van der Waals surface area contributed by atoms with Crippen LogP contribution in [0.3, 0.4) is 0 Å². The first-order valence-electron chi connectivity index (χ1n) is 7.04. The fourth-order valence-electron chi connectivity index (χ4n) is 3.29. The Morgan fingerprint density at radius 1 is 1.40 bits per heavy atom. The van der Waals surface area contributed by atoms with Gasteiger partial charge < -0.3 is 19.3 Å². The molecule has 1 saturated heterocycles. The summed E-state index contributed by atoms with van der Waals surface area (Å²) in [7, 11) is 1.31. The van der Waals surface area contributed by atoms with Crippen LogP contribution in [-0.4, -0.2) is 47.1 Å². The molecule has 0 aromatic heterocycles. The van der Waals surface area contributed by atoms with Crippen molar-refractivity contribution in [2.24, 2.45) is 0 Å². The summed E-state index contributed by atoms with van der Waals surface area (Å²) in [4.78, 5) is 11.3. The molecule has 1 aliphatic heterocycles. The van der Waals surface area contributed by atoms with Gasteiger partial charge in [-0.1, -0.05) is 22.4 Å². The number of alkyl halides is 1. The number of halogens is 1. The Labute approximate surface area is 126 Å². The molecular weight excluding hydrogens is 328 g/mol. The summed E-state index contributed by atoms with van der Waals surface area (Å²) in [5.74, 6) is -1.06. The second-order valence-electron chi connectivity index (χ2n) is 5.64. The van der Waals surface area contributed by atoms with Crippen LogP contribution in [0.1, 0.15) is 32.1 Å². The molecule has 1 heterocycles. The number of esters is 1. The number of aliphatic hydroxyl groups is 1. The Hall–Kier alpha value is -0.430. The third kappa shape index (κ3) is 2.32. The van der Waals surface area contributed by atoms with Gasteiger partial charge >= 0.3 is 5.97 Å². The molecule has 1 N–H and O–H groups in total. The second kappa shape index (κ2) is 5.40. The molecular formula is C14H19BrO5. The average Bonchev–Trinajstić information content (AvgIpc) is 2.81. The normalized spacial score (nSPS) is 39.2. The van der Waals surface area contributed by atoms with Crippen LogP contribution in [0.2, 0.25) is 0 Å². The fourth-order valence-corrected chi connectivity index (χ4v) is 3.99. The van der Waals surface area contributed by atoms with Crippen LogP contribution in [0.15, 0.2) is 11.6 Å². The first kappa shape index (κ1) is 14.5.